The second-order valence-corrected chi connectivity index (χ2v) is 6.49. The average molecular weight is 409 g/mol. The van der Waals surface area contributed by atoms with Gasteiger partial charge in [0, 0.05) is 17.8 Å². The number of rotatable bonds is 4. The van der Waals surface area contributed by atoms with E-state index in [9.17, 15) is 13.2 Å². The quantitative estimate of drug-likeness (QED) is 0.460. The van der Waals surface area contributed by atoms with Crippen LogP contribution in [0.2, 0.25) is 0 Å². The maximum atomic E-state index is 14.0. The minimum Gasteiger partial charge on any atom is -0.354 e. The van der Waals surface area contributed by atoms with E-state index in [0.717, 1.165) is 12.3 Å². The first-order valence-electron chi connectivity index (χ1n) is 8.84. The molecule has 7 nitrogen and oxygen atoms in total. The number of nitrogens with zero attached hydrogens (tertiary/aromatic N) is 5. The summed E-state index contributed by atoms with van der Waals surface area (Å²) in [5.41, 5.74) is 1.71. The minimum atomic E-state index is -0.977. The molecule has 0 bridgehead atoms. The molecule has 0 fully saturated rings. The fraction of sp³-hybridized carbons (Fsp3) is 0.0500. The summed E-state index contributed by atoms with van der Waals surface area (Å²) in [5, 5.41) is 8.13. The van der Waals surface area contributed by atoms with Crippen LogP contribution in [0.4, 0.5) is 13.2 Å². The number of aromatic nitrogens is 6. The SMILES string of the molecule is Fc1cnccc1-c1cc(C[n+]2cc3[nH]c(-c4cccc(F)c4F)nc3cn2)on1. The number of H-pyrrole nitrogens is 1. The van der Waals surface area contributed by atoms with E-state index in [1.54, 1.807) is 16.9 Å². The highest BCUT2D eigenvalue weighted by atomic mass is 19.2. The monoisotopic (exact) mass is 409 g/mol. The number of benzene rings is 1. The Balaban J connectivity index is 1.44. The molecule has 148 valence electrons. The summed E-state index contributed by atoms with van der Waals surface area (Å²) in [6.45, 7) is 0.221. The molecule has 0 radical (unpaired) electrons. The van der Waals surface area contributed by atoms with Crippen LogP contribution in [0.1, 0.15) is 5.76 Å². The molecule has 5 aromatic rings. The molecular weight excluding hydrogens is 397 g/mol. The fourth-order valence-corrected chi connectivity index (χ4v) is 3.07. The third-order valence-corrected chi connectivity index (χ3v) is 4.50. The first-order valence-corrected chi connectivity index (χ1v) is 8.84. The molecule has 0 amide bonds. The van der Waals surface area contributed by atoms with E-state index >= 15 is 0 Å². The highest BCUT2D eigenvalue weighted by molar-refractivity contribution is 5.77. The third kappa shape index (κ3) is 3.17. The maximum Gasteiger partial charge on any atom is 0.234 e. The fourth-order valence-electron chi connectivity index (χ4n) is 3.07. The second kappa shape index (κ2) is 7.07. The summed E-state index contributed by atoms with van der Waals surface area (Å²) in [4.78, 5) is 10.9. The molecular formula is C20H12F3N6O+. The Kier molecular flexibility index (Phi) is 4.24. The van der Waals surface area contributed by atoms with Gasteiger partial charge in [0.05, 0.1) is 11.8 Å². The van der Waals surface area contributed by atoms with E-state index in [2.05, 4.69) is 25.2 Å². The van der Waals surface area contributed by atoms with Gasteiger partial charge in [-0.05, 0) is 23.3 Å². The first-order chi connectivity index (χ1) is 14.6. The topological polar surface area (TPSA) is 84.4 Å². The molecule has 1 aromatic carbocycles. The van der Waals surface area contributed by atoms with Gasteiger partial charge in [0.15, 0.2) is 17.5 Å². The third-order valence-electron chi connectivity index (χ3n) is 4.50. The van der Waals surface area contributed by atoms with E-state index in [-0.39, 0.29) is 23.5 Å². The first kappa shape index (κ1) is 18.0. The van der Waals surface area contributed by atoms with Crippen molar-refractivity contribution < 1.29 is 22.4 Å². The van der Waals surface area contributed by atoms with Gasteiger partial charge in [-0.3, -0.25) is 4.98 Å². The van der Waals surface area contributed by atoms with Crippen LogP contribution in [0.3, 0.4) is 0 Å². The second-order valence-electron chi connectivity index (χ2n) is 6.49. The number of imidazole rings is 1. The molecule has 0 aliphatic heterocycles. The van der Waals surface area contributed by atoms with Crippen molar-refractivity contribution in [2.75, 3.05) is 0 Å². The van der Waals surface area contributed by atoms with Crippen LogP contribution in [0.5, 0.6) is 0 Å². The Bertz CT molecular complexity index is 1380. The molecule has 0 aliphatic carbocycles. The van der Waals surface area contributed by atoms with Crippen molar-refractivity contribution in [3.63, 3.8) is 0 Å². The zero-order valence-corrected chi connectivity index (χ0v) is 15.2. The van der Waals surface area contributed by atoms with Gasteiger partial charge in [-0.1, -0.05) is 15.9 Å². The molecule has 5 rings (SSSR count). The lowest BCUT2D eigenvalue weighted by Crippen LogP contribution is -2.37. The molecule has 4 heterocycles. The maximum absolute atomic E-state index is 14.0. The van der Waals surface area contributed by atoms with Crippen molar-refractivity contribution in [3.8, 4) is 22.6 Å². The summed E-state index contributed by atoms with van der Waals surface area (Å²) in [6.07, 6.45) is 5.71. The lowest BCUT2D eigenvalue weighted by atomic mass is 10.2. The van der Waals surface area contributed by atoms with Crippen LogP contribution in [-0.4, -0.2) is 25.2 Å². The van der Waals surface area contributed by atoms with Gasteiger partial charge in [0.1, 0.15) is 28.7 Å². The summed E-state index contributed by atoms with van der Waals surface area (Å²) >= 11 is 0. The molecule has 4 aromatic heterocycles. The van der Waals surface area contributed by atoms with Crippen molar-refractivity contribution in [2.45, 2.75) is 6.54 Å². The molecule has 0 aliphatic rings. The zero-order valence-electron chi connectivity index (χ0n) is 15.2. The van der Waals surface area contributed by atoms with Crippen LogP contribution in [0, 0.1) is 17.5 Å². The zero-order chi connectivity index (χ0) is 20.7. The van der Waals surface area contributed by atoms with E-state index in [1.807, 2.05) is 0 Å². The Morgan fingerprint density at radius 3 is 2.80 bits per heavy atom. The molecule has 0 unspecified atom stereocenters. The summed E-state index contributed by atoms with van der Waals surface area (Å²) in [6, 6.07) is 7.00. The summed E-state index contributed by atoms with van der Waals surface area (Å²) < 4.78 is 48.2. The van der Waals surface area contributed by atoms with Crippen molar-refractivity contribution >= 4 is 11.0 Å². The number of fused-ring (bicyclic) bond motifs is 1. The molecule has 0 saturated carbocycles. The van der Waals surface area contributed by atoms with Crippen molar-refractivity contribution in [3.05, 3.63) is 78.3 Å². The Hall–Kier alpha value is -4.08. The lowest BCUT2D eigenvalue weighted by Gasteiger charge is -1.99. The van der Waals surface area contributed by atoms with Crippen LogP contribution < -0.4 is 4.68 Å². The van der Waals surface area contributed by atoms with Gasteiger partial charge in [-0.25, -0.2) is 18.2 Å². The average Bonchev–Trinajstić information content (AvgIpc) is 3.37. The number of aromatic amines is 1. The van der Waals surface area contributed by atoms with Crippen molar-refractivity contribution in [2.24, 2.45) is 0 Å². The minimum absolute atomic E-state index is 0.0250. The van der Waals surface area contributed by atoms with Gasteiger partial charge in [-0.2, -0.15) is 0 Å². The molecule has 30 heavy (non-hydrogen) atoms. The number of halogens is 3. The number of pyridine rings is 1. The lowest BCUT2D eigenvalue weighted by molar-refractivity contribution is -0.746. The summed E-state index contributed by atoms with van der Waals surface area (Å²) in [5.74, 6) is -1.78. The van der Waals surface area contributed by atoms with Crippen LogP contribution in [0.25, 0.3) is 33.7 Å². The number of hydrogen-bond acceptors (Lipinski definition) is 5. The predicted octanol–water partition coefficient (Wildman–Crippen LogP) is 3.43. The van der Waals surface area contributed by atoms with Gasteiger partial charge < -0.3 is 9.51 Å². The molecule has 0 saturated heterocycles. The standard InChI is InChI=1S/C20H11F3N6O/c21-14-3-1-2-13(19(14)23)20-26-17-8-25-29(10-18(17)27-20)9-11-6-16(28-30-11)12-4-5-24-7-15(12)22/h1-8,10H,9H2/p+1. The van der Waals surface area contributed by atoms with Gasteiger partial charge in [-0.15, -0.1) is 0 Å². The Labute approximate surface area is 166 Å². The van der Waals surface area contributed by atoms with E-state index in [1.165, 1.54) is 30.6 Å². The van der Waals surface area contributed by atoms with Gasteiger partial charge >= 0.3 is 0 Å². The van der Waals surface area contributed by atoms with Crippen molar-refractivity contribution in [1.82, 2.24) is 25.2 Å². The molecule has 10 heteroatoms. The Morgan fingerprint density at radius 2 is 1.93 bits per heavy atom. The normalized spacial score (nSPS) is 11.3. The van der Waals surface area contributed by atoms with E-state index in [4.69, 9.17) is 4.52 Å². The van der Waals surface area contributed by atoms with E-state index < -0.39 is 17.5 Å². The molecule has 0 spiro atoms. The Morgan fingerprint density at radius 1 is 1.03 bits per heavy atom. The predicted molar refractivity (Wildman–Crippen MR) is 98.2 cm³/mol. The molecule has 1 N–H and O–H groups in total. The van der Waals surface area contributed by atoms with Gasteiger partial charge in [0.2, 0.25) is 18.5 Å². The van der Waals surface area contributed by atoms with Crippen molar-refractivity contribution in [1.29, 1.82) is 0 Å². The van der Waals surface area contributed by atoms with Crippen LogP contribution in [0.15, 0.2) is 59.6 Å². The highest BCUT2D eigenvalue weighted by Gasteiger charge is 2.18. The number of nitrogens with one attached hydrogen (secondary N) is 1. The smallest absolute Gasteiger partial charge is 0.234 e. The number of hydrogen-bond donors (Lipinski definition) is 1. The van der Waals surface area contributed by atoms with Gasteiger partial charge in [0.25, 0.3) is 0 Å². The largest absolute Gasteiger partial charge is 0.354 e. The molecule has 0 atom stereocenters. The highest BCUT2D eigenvalue weighted by Crippen LogP contribution is 2.24. The summed E-state index contributed by atoms with van der Waals surface area (Å²) in [7, 11) is 0. The van der Waals surface area contributed by atoms with E-state index in [0.29, 0.717) is 22.5 Å². The van der Waals surface area contributed by atoms with Crippen LogP contribution in [-0.2, 0) is 6.54 Å². The van der Waals surface area contributed by atoms with Crippen LogP contribution >= 0.6 is 0 Å².